The van der Waals surface area contributed by atoms with E-state index in [4.69, 9.17) is 27.9 Å². The normalized spacial score (nSPS) is 25.8. The summed E-state index contributed by atoms with van der Waals surface area (Å²) < 4.78 is 19.0. The molecule has 1 N–H and O–H groups in total. The Bertz CT molecular complexity index is 563. The fourth-order valence-corrected chi connectivity index (χ4v) is 3.10. The van der Waals surface area contributed by atoms with E-state index >= 15 is 0 Å². The Hall–Kier alpha value is -0.860. The highest BCUT2D eigenvalue weighted by Gasteiger charge is 2.51. The second-order valence-electron chi connectivity index (χ2n) is 5.17. The summed E-state index contributed by atoms with van der Waals surface area (Å²) in [5, 5.41) is 20.4. The van der Waals surface area contributed by atoms with Crippen molar-refractivity contribution in [3.63, 3.8) is 0 Å². The first kappa shape index (κ1) is 15.5. The van der Waals surface area contributed by atoms with Crippen molar-refractivity contribution in [1.82, 2.24) is 0 Å². The molecule has 2 unspecified atom stereocenters. The second-order valence-corrected chi connectivity index (χ2v) is 5.98. The van der Waals surface area contributed by atoms with Gasteiger partial charge in [0, 0.05) is 17.2 Å². The van der Waals surface area contributed by atoms with Gasteiger partial charge in [0.1, 0.15) is 16.8 Å². The van der Waals surface area contributed by atoms with Crippen molar-refractivity contribution < 1.29 is 14.2 Å². The molecular formula is C14H14Cl2FNO2. The fourth-order valence-electron chi connectivity index (χ4n) is 2.53. The number of hydrogen-bond acceptors (Lipinski definition) is 3. The molecule has 1 heterocycles. The van der Waals surface area contributed by atoms with Gasteiger partial charge in [0.25, 0.3) is 0 Å². The number of nitrogens with zero attached hydrogens (tertiary/aromatic N) is 1. The van der Waals surface area contributed by atoms with Crippen molar-refractivity contribution in [3.05, 3.63) is 33.6 Å². The summed E-state index contributed by atoms with van der Waals surface area (Å²) in [4.78, 5) is 0. The first-order valence-corrected chi connectivity index (χ1v) is 6.96. The van der Waals surface area contributed by atoms with Crippen LogP contribution < -0.4 is 0 Å². The van der Waals surface area contributed by atoms with Gasteiger partial charge in [0.15, 0.2) is 0 Å². The van der Waals surface area contributed by atoms with Crippen molar-refractivity contribution in [2.24, 2.45) is 5.41 Å². The molecule has 6 heteroatoms. The minimum absolute atomic E-state index is 0.0804. The van der Waals surface area contributed by atoms with Gasteiger partial charge in [-0.2, -0.15) is 5.26 Å². The van der Waals surface area contributed by atoms with Crippen molar-refractivity contribution in [3.8, 4) is 6.07 Å². The standard InChI is InChI=1S/C14H14Cl2FNO2/c1-13(19,14(7-18)3-2-4-20-8-14)9-5-12(17)11(16)6-10(9)15/h5-6,19H,2-4,8H2,1H3. The lowest BCUT2D eigenvalue weighted by Gasteiger charge is -2.43. The maximum absolute atomic E-state index is 13.7. The van der Waals surface area contributed by atoms with Gasteiger partial charge in [-0.05, 0) is 31.9 Å². The molecule has 1 saturated heterocycles. The lowest BCUT2D eigenvalue weighted by Crippen LogP contribution is -2.48. The summed E-state index contributed by atoms with van der Waals surface area (Å²) in [7, 11) is 0. The molecule has 0 radical (unpaired) electrons. The summed E-state index contributed by atoms with van der Waals surface area (Å²) in [5.74, 6) is -0.684. The molecule has 0 bridgehead atoms. The molecule has 0 spiro atoms. The molecule has 3 nitrogen and oxygen atoms in total. The zero-order valence-electron chi connectivity index (χ0n) is 10.9. The van der Waals surface area contributed by atoms with Gasteiger partial charge in [-0.3, -0.25) is 0 Å². The van der Waals surface area contributed by atoms with Crippen LogP contribution in [-0.4, -0.2) is 18.3 Å². The van der Waals surface area contributed by atoms with Gasteiger partial charge in [-0.25, -0.2) is 4.39 Å². The van der Waals surface area contributed by atoms with Gasteiger partial charge in [0.2, 0.25) is 0 Å². The van der Waals surface area contributed by atoms with Crippen molar-refractivity contribution in [1.29, 1.82) is 5.26 Å². The van der Waals surface area contributed by atoms with Crippen LogP contribution in [0, 0.1) is 22.6 Å². The van der Waals surface area contributed by atoms with Crippen molar-refractivity contribution >= 4 is 23.2 Å². The Morgan fingerprint density at radius 1 is 1.45 bits per heavy atom. The SMILES string of the molecule is CC(O)(c1cc(F)c(Cl)cc1Cl)C1(C#N)CCCOC1. The molecule has 1 fully saturated rings. The van der Waals surface area contributed by atoms with Crippen LogP contribution in [0.25, 0.3) is 0 Å². The highest BCUT2D eigenvalue weighted by molar-refractivity contribution is 6.35. The Balaban J connectivity index is 2.54. The van der Waals surface area contributed by atoms with E-state index in [1.54, 1.807) is 0 Å². The monoisotopic (exact) mass is 317 g/mol. The van der Waals surface area contributed by atoms with Gasteiger partial charge in [-0.1, -0.05) is 23.2 Å². The van der Waals surface area contributed by atoms with Crippen LogP contribution in [0.4, 0.5) is 4.39 Å². The van der Waals surface area contributed by atoms with E-state index < -0.39 is 16.8 Å². The smallest absolute Gasteiger partial charge is 0.142 e. The van der Waals surface area contributed by atoms with Crippen LogP contribution in [0.15, 0.2) is 12.1 Å². The van der Waals surface area contributed by atoms with Crippen molar-refractivity contribution in [2.75, 3.05) is 13.2 Å². The molecule has 0 saturated carbocycles. The summed E-state index contributed by atoms with van der Waals surface area (Å²) in [6, 6.07) is 4.44. The van der Waals surface area contributed by atoms with Crippen LogP contribution in [0.2, 0.25) is 10.0 Å². The predicted molar refractivity (Wildman–Crippen MR) is 74.1 cm³/mol. The van der Waals surface area contributed by atoms with Crippen LogP contribution in [0.1, 0.15) is 25.3 Å². The maximum Gasteiger partial charge on any atom is 0.142 e. The first-order valence-electron chi connectivity index (χ1n) is 6.20. The van der Waals surface area contributed by atoms with Crippen molar-refractivity contribution in [2.45, 2.75) is 25.4 Å². The minimum Gasteiger partial charge on any atom is -0.384 e. The average Bonchev–Trinajstić information content (AvgIpc) is 2.43. The second kappa shape index (κ2) is 5.50. The lowest BCUT2D eigenvalue weighted by atomic mass is 9.67. The molecule has 1 aromatic rings. The molecule has 2 atom stereocenters. The highest BCUT2D eigenvalue weighted by atomic mass is 35.5. The van der Waals surface area contributed by atoms with Crippen LogP contribution in [-0.2, 0) is 10.3 Å². The fraction of sp³-hybridized carbons (Fsp3) is 0.500. The molecule has 1 aliphatic rings. The Morgan fingerprint density at radius 3 is 2.70 bits per heavy atom. The number of halogens is 3. The highest BCUT2D eigenvalue weighted by Crippen LogP contribution is 2.47. The van der Waals surface area contributed by atoms with E-state index in [0.717, 1.165) is 6.07 Å². The Morgan fingerprint density at radius 2 is 2.15 bits per heavy atom. The summed E-state index contributed by atoms with van der Waals surface area (Å²) in [6.07, 6.45) is 1.11. The number of benzene rings is 1. The molecule has 1 aromatic carbocycles. The lowest BCUT2D eigenvalue weighted by molar-refractivity contribution is -0.113. The number of ether oxygens (including phenoxy) is 1. The summed E-state index contributed by atoms with van der Waals surface area (Å²) in [6.45, 7) is 2.08. The molecule has 0 aliphatic carbocycles. The largest absolute Gasteiger partial charge is 0.384 e. The number of nitriles is 1. The Kier molecular flexibility index (Phi) is 4.27. The topological polar surface area (TPSA) is 53.2 Å². The molecule has 0 aromatic heterocycles. The molecule has 1 aliphatic heterocycles. The third-order valence-corrected chi connectivity index (χ3v) is 4.52. The van der Waals surface area contributed by atoms with Gasteiger partial charge in [0.05, 0.1) is 17.7 Å². The predicted octanol–water partition coefficient (Wildman–Crippen LogP) is 3.66. The van der Waals surface area contributed by atoms with E-state index in [1.807, 2.05) is 0 Å². The molecule has 0 amide bonds. The molecule has 20 heavy (non-hydrogen) atoms. The van der Waals surface area contributed by atoms with E-state index in [1.165, 1.54) is 13.0 Å². The zero-order chi connectivity index (χ0) is 15.0. The minimum atomic E-state index is -1.63. The summed E-state index contributed by atoms with van der Waals surface area (Å²) >= 11 is 11.7. The van der Waals surface area contributed by atoms with Gasteiger partial charge < -0.3 is 9.84 Å². The third-order valence-electron chi connectivity index (χ3n) is 3.92. The van der Waals surface area contributed by atoms with E-state index in [9.17, 15) is 14.8 Å². The average molecular weight is 318 g/mol. The zero-order valence-corrected chi connectivity index (χ0v) is 12.4. The van der Waals surface area contributed by atoms with E-state index in [0.29, 0.717) is 19.4 Å². The van der Waals surface area contributed by atoms with Crippen LogP contribution in [0.3, 0.4) is 0 Å². The molecular weight excluding hydrogens is 304 g/mol. The van der Waals surface area contributed by atoms with Crippen LogP contribution >= 0.6 is 23.2 Å². The third kappa shape index (κ3) is 2.40. The van der Waals surface area contributed by atoms with Crippen LogP contribution in [0.5, 0.6) is 0 Å². The Labute approximate surface area is 126 Å². The quantitative estimate of drug-likeness (QED) is 0.847. The number of hydrogen-bond donors (Lipinski definition) is 1. The number of aliphatic hydroxyl groups is 1. The van der Waals surface area contributed by atoms with Gasteiger partial charge in [-0.15, -0.1) is 0 Å². The number of rotatable bonds is 2. The van der Waals surface area contributed by atoms with Gasteiger partial charge >= 0.3 is 0 Å². The maximum atomic E-state index is 13.7. The molecule has 108 valence electrons. The summed E-state index contributed by atoms with van der Waals surface area (Å²) in [5.41, 5.74) is -2.65. The molecule has 2 rings (SSSR count). The first-order chi connectivity index (χ1) is 9.34. The van der Waals surface area contributed by atoms with E-state index in [2.05, 4.69) is 6.07 Å². The van der Waals surface area contributed by atoms with E-state index in [-0.39, 0.29) is 22.2 Å².